The molecule has 66 heavy (non-hydrogen) atoms. The van der Waals surface area contributed by atoms with E-state index in [-0.39, 0.29) is 6.71 Å². The first kappa shape index (κ1) is 42.1. The summed E-state index contributed by atoms with van der Waals surface area (Å²) in [6.07, 6.45) is 0. The number of rotatable bonds is 10. The normalized spacial score (nSPS) is 11.2. The van der Waals surface area contributed by atoms with Crippen molar-refractivity contribution in [2.45, 2.75) is 41.5 Å². The molecule has 0 amide bonds. The third kappa shape index (κ3) is 8.21. The molecule has 0 atom stereocenters. The van der Waals surface area contributed by atoms with Crippen LogP contribution in [0.15, 0.2) is 200 Å². The second kappa shape index (κ2) is 17.9. The minimum atomic E-state index is 0.0351. The van der Waals surface area contributed by atoms with Crippen LogP contribution in [-0.2, 0) is 0 Å². The molecular formula is C61H51BN4. The predicted octanol–water partition coefficient (Wildman–Crippen LogP) is 13.5. The van der Waals surface area contributed by atoms with Crippen molar-refractivity contribution in [2.75, 3.05) is 4.90 Å². The summed E-state index contributed by atoms with van der Waals surface area (Å²) in [6, 6.07) is 71.3. The maximum atomic E-state index is 5.50. The van der Waals surface area contributed by atoms with E-state index < -0.39 is 0 Å². The summed E-state index contributed by atoms with van der Waals surface area (Å²) in [4.78, 5) is 18.4. The number of nitrogens with zero attached hydrogens (tertiary/aromatic N) is 4. The van der Waals surface area contributed by atoms with Gasteiger partial charge in [0.2, 0.25) is 12.7 Å². The van der Waals surface area contributed by atoms with Crippen LogP contribution in [-0.4, -0.2) is 21.7 Å². The molecule has 10 rings (SSSR count). The zero-order chi connectivity index (χ0) is 45.3. The molecule has 0 N–H and O–H groups in total. The third-order valence-electron chi connectivity index (χ3n) is 12.8. The Bertz CT molecular complexity index is 3260. The van der Waals surface area contributed by atoms with Gasteiger partial charge >= 0.3 is 0 Å². The van der Waals surface area contributed by atoms with Gasteiger partial charge in [-0.25, -0.2) is 4.98 Å². The Morgan fingerprint density at radius 1 is 0.379 bits per heavy atom. The molecule has 1 heterocycles. The number of fused-ring (bicyclic) bond motifs is 1. The maximum absolute atomic E-state index is 5.50. The summed E-state index contributed by atoms with van der Waals surface area (Å²) < 4.78 is 0. The van der Waals surface area contributed by atoms with E-state index in [1.165, 1.54) is 49.8 Å². The van der Waals surface area contributed by atoms with Gasteiger partial charge in [0.05, 0.1) is 0 Å². The molecule has 0 aliphatic heterocycles. The highest BCUT2D eigenvalue weighted by Gasteiger charge is 2.29. The fourth-order valence-corrected chi connectivity index (χ4v) is 10.1. The van der Waals surface area contributed by atoms with Crippen LogP contribution >= 0.6 is 0 Å². The van der Waals surface area contributed by atoms with Crippen LogP contribution in [0.4, 0.5) is 17.3 Å². The average Bonchev–Trinajstić information content (AvgIpc) is 3.34. The molecule has 0 radical (unpaired) electrons. The minimum Gasteiger partial charge on any atom is -0.279 e. The van der Waals surface area contributed by atoms with Gasteiger partial charge in [-0.1, -0.05) is 220 Å². The van der Waals surface area contributed by atoms with Gasteiger partial charge in [-0.2, -0.15) is 9.97 Å². The maximum Gasteiger partial charge on any atom is 0.242 e. The molecule has 0 spiro atoms. The third-order valence-corrected chi connectivity index (χ3v) is 12.8. The van der Waals surface area contributed by atoms with E-state index in [1.54, 1.807) is 0 Å². The second-order valence-corrected chi connectivity index (χ2v) is 17.6. The molecule has 0 unspecified atom stereocenters. The first-order chi connectivity index (χ1) is 32.2. The molecule has 0 saturated carbocycles. The molecule has 10 aromatic rings. The lowest BCUT2D eigenvalue weighted by molar-refractivity contribution is 1.02. The van der Waals surface area contributed by atoms with Crippen LogP contribution in [0.1, 0.15) is 33.4 Å². The SMILES string of the molecule is Cc1cc(C)c(B(c2ccc(N(c3cccc(-c4ccccc4)c3)c3nc(-c4ccccc4)nc(-c4ccc5ccccc5c4-c4ccccc4)n3)cc2)c2c(C)cc(C)cc2C)c(C)c1. The van der Waals surface area contributed by atoms with Gasteiger partial charge in [0.25, 0.3) is 0 Å². The smallest absolute Gasteiger partial charge is 0.242 e. The quantitative estimate of drug-likeness (QED) is 0.129. The second-order valence-electron chi connectivity index (χ2n) is 17.6. The molecule has 1 aromatic heterocycles. The van der Waals surface area contributed by atoms with Gasteiger partial charge in [-0.05, 0) is 99.3 Å². The van der Waals surface area contributed by atoms with Crippen molar-refractivity contribution < 1.29 is 0 Å². The highest BCUT2D eigenvalue weighted by atomic mass is 15.3. The number of aryl methyl sites for hydroxylation is 6. The molecule has 0 saturated heterocycles. The fraction of sp³-hybridized carbons (Fsp3) is 0.0984. The molecule has 0 bridgehead atoms. The average molecular weight is 851 g/mol. The van der Waals surface area contributed by atoms with E-state index in [4.69, 9.17) is 15.0 Å². The van der Waals surface area contributed by atoms with Crippen LogP contribution in [0.3, 0.4) is 0 Å². The van der Waals surface area contributed by atoms with Crippen molar-refractivity contribution in [3.63, 3.8) is 0 Å². The monoisotopic (exact) mass is 850 g/mol. The highest BCUT2D eigenvalue weighted by molar-refractivity contribution is 6.96. The van der Waals surface area contributed by atoms with Gasteiger partial charge in [0.15, 0.2) is 11.6 Å². The van der Waals surface area contributed by atoms with Gasteiger partial charge in [-0.3, -0.25) is 4.90 Å². The Morgan fingerprint density at radius 2 is 0.894 bits per heavy atom. The predicted molar refractivity (Wildman–Crippen MR) is 280 cm³/mol. The zero-order valence-corrected chi connectivity index (χ0v) is 38.4. The number of benzene rings is 9. The summed E-state index contributed by atoms with van der Waals surface area (Å²) in [5.74, 6) is 1.72. The number of hydrogen-bond donors (Lipinski definition) is 0. The lowest BCUT2D eigenvalue weighted by Gasteiger charge is -2.27. The Labute approximate surface area is 389 Å². The van der Waals surface area contributed by atoms with Gasteiger partial charge in [0.1, 0.15) is 0 Å². The van der Waals surface area contributed by atoms with Crippen molar-refractivity contribution in [1.82, 2.24) is 15.0 Å². The highest BCUT2D eigenvalue weighted by Crippen LogP contribution is 2.40. The van der Waals surface area contributed by atoms with Crippen molar-refractivity contribution in [2.24, 2.45) is 0 Å². The minimum absolute atomic E-state index is 0.0351. The Morgan fingerprint density at radius 3 is 1.50 bits per heavy atom. The molecule has 5 heteroatoms. The Kier molecular flexibility index (Phi) is 11.4. The molecule has 0 aliphatic rings. The van der Waals surface area contributed by atoms with Crippen molar-refractivity contribution in [3.8, 4) is 45.0 Å². The van der Waals surface area contributed by atoms with Crippen LogP contribution in [0.5, 0.6) is 0 Å². The Balaban J connectivity index is 1.21. The summed E-state index contributed by atoms with van der Waals surface area (Å²) in [5, 5.41) is 2.29. The number of hydrogen-bond acceptors (Lipinski definition) is 4. The molecular weight excluding hydrogens is 800 g/mol. The summed E-state index contributed by atoms with van der Waals surface area (Å²) in [5.41, 5.74) is 19.8. The lowest BCUT2D eigenvalue weighted by atomic mass is 9.34. The van der Waals surface area contributed by atoms with Gasteiger partial charge in [0, 0.05) is 28.1 Å². The number of aromatic nitrogens is 3. The van der Waals surface area contributed by atoms with E-state index in [0.717, 1.165) is 55.5 Å². The summed E-state index contributed by atoms with van der Waals surface area (Å²) in [6.45, 7) is 13.5. The van der Waals surface area contributed by atoms with Gasteiger partial charge < -0.3 is 0 Å². The summed E-state index contributed by atoms with van der Waals surface area (Å²) in [7, 11) is 0. The lowest BCUT2D eigenvalue weighted by Crippen LogP contribution is -2.55. The van der Waals surface area contributed by atoms with E-state index in [9.17, 15) is 0 Å². The van der Waals surface area contributed by atoms with Crippen molar-refractivity contribution in [1.29, 1.82) is 0 Å². The first-order valence-electron chi connectivity index (χ1n) is 22.8. The fourth-order valence-electron chi connectivity index (χ4n) is 10.1. The van der Waals surface area contributed by atoms with E-state index >= 15 is 0 Å². The topological polar surface area (TPSA) is 41.9 Å². The standard InChI is InChI=1S/C61H51BN4/c1-40-35-42(3)57(43(4)36-40)62(58-44(5)37-41(2)38-45(58)6)51-30-32-52(33-31-51)66(53-27-18-26-50(39-53)46-19-10-7-11-20-46)61-64-59(49-24-14-9-15-25-49)63-60(65-61)55-34-29-47-21-16-17-28-54(47)56(55)48-22-12-8-13-23-48/h7-39H,1-6H3. The molecule has 4 nitrogen and oxygen atoms in total. The molecule has 9 aromatic carbocycles. The van der Waals surface area contributed by atoms with Crippen LogP contribution in [0.2, 0.25) is 0 Å². The zero-order valence-electron chi connectivity index (χ0n) is 38.4. The van der Waals surface area contributed by atoms with E-state index in [2.05, 4.69) is 228 Å². The molecule has 0 aliphatic carbocycles. The molecule has 0 fully saturated rings. The Hall–Kier alpha value is -7.89. The number of anilines is 3. The van der Waals surface area contributed by atoms with Crippen molar-refractivity contribution >= 4 is 51.2 Å². The van der Waals surface area contributed by atoms with E-state index in [1.807, 2.05) is 18.2 Å². The van der Waals surface area contributed by atoms with Crippen molar-refractivity contribution in [3.05, 3.63) is 234 Å². The van der Waals surface area contributed by atoms with Gasteiger partial charge in [-0.15, -0.1) is 0 Å². The van der Waals surface area contributed by atoms with E-state index in [0.29, 0.717) is 17.6 Å². The summed E-state index contributed by atoms with van der Waals surface area (Å²) >= 11 is 0. The van der Waals surface area contributed by atoms with Crippen LogP contribution in [0.25, 0.3) is 55.8 Å². The van der Waals surface area contributed by atoms with Crippen LogP contribution in [0, 0.1) is 41.5 Å². The molecule has 318 valence electrons. The van der Waals surface area contributed by atoms with Crippen LogP contribution < -0.4 is 21.3 Å². The first-order valence-corrected chi connectivity index (χ1v) is 22.8. The largest absolute Gasteiger partial charge is 0.279 e.